The van der Waals surface area contributed by atoms with Crippen LogP contribution in [0.5, 0.6) is 0 Å². The summed E-state index contributed by atoms with van der Waals surface area (Å²) in [5, 5.41) is 4.15. The molecule has 9 heteroatoms. The van der Waals surface area contributed by atoms with E-state index in [4.69, 9.17) is 4.98 Å². The number of anilines is 1. The van der Waals surface area contributed by atoms with Crippen LogP contribution in [0.1, 0.15) is 55.8 Å². The molecule has 2 unspecified atom stereocenters. The van der Waals surface area contributed by atoms with E-state index in [-0.39, 0.29) is 5.82 Å². The second-order valence-electron chi connectivity index (χ2n) is 9.37. The van der Waals surface area contributed by atoms with Gasteiger partial charge in [0.2, 0.25) is 0 Å². The van der Waals surface area contributed by atoms with Crippen LogP contribution < -0.4 is 10.0 Å². The maximum atomic E-state index is 13.9. The highest BCUT2D eigenvalue weighted by atomic mass is 32.2. The third-order valence-corrected chi connectivity index (χ3v) is 7.70. The lowest BCUT2D eigenvalue weighted by atomic mass is 9.73. The molecule has 1 aliphatic carbocycles. The number of nitrogens with zero attached hydrogens (tertiary/aromatic N) is 2. The summed E-state index contributed by atoms with van der Waals surface area (Å²) >= 11 is -2.25. The number of rotatable bonds is 8. The van der Waals surface area contributed by atoms with Gasteiger partial charge < -0.3 is 14.9 Å². The Kier molecular flexibility index (Phi) is 7.08. The number of fused-ring (bicyclic) bond motifs is 2. The van der Waals surface area contributed by atoms with Gasteiger partial charge in [0.15, 0.2) is 0 Å². The van der Waals surface area contributed by atoms with Gasteiger partial charge in [0.1, 0.15) is 11.6 Å². The Labute approximate surface area is 206 Å². The lowest BCUT2D eigenvalue weighted by molar-refractivity contribution is 0.286. The number of nitrogens with one attached hydrogen (secondary N) is 3. The van der Waals surface area contributed by atoms with E-state index in [9.17, 15) is 13.2 Å². The number of H-pyrrole nitrogens is 1. The van der Waals surface area contributed by atoms with E-state index < -0.39 is 11.3 Å². The molecule has 35 heavy (non-hydrogen) atoms. The summed E-state index contributed by atoms with van der Waals surface area (Å²) in [5.74, 6) is 2.05. The Balaban J connectivity index is 1.24. The van der Waals surface area contributed by atoms with Crippen LogP contribution in [-0.2, 0) is 11.3 Å². The Morgan fingerprint density at radius 1 is 1.11 bits per heavy atom. The Bertz CT molecular complexity index is 1350. The first kappa shape index (κ1) is 23.8. The van der Waals surface area contributed by atoms with E-state index in [2.05, 4.69) is 33.0 Å². The summed E-state index contributed by atoms with van der Waals surface area (Å²) in [7, 11) is 0. The van der Waals surface area contributed by atoms with Crippen LogP contribution in [0.25, 0.3) is 21.9 Å². The third kappa shape index (κ3) is 5.37. The van der Waals surface area contributed by atoms with E-state index in [0.29, 0.717) is 30.8 Å². The van der Waals surface area contributed by atoms with Crippen LogP contribution in [0.2, 0.25) is 0 Å². The van der Waals surface area contributed by atoms with Crippen molar-refractivity contribution < 1.29 is 13.2 Å². The molecule has 0 aliphatic heterocycles. The minimum atomic E-state index is -2.25. The molecule has 1 fully saturated rings. The molecule has 2 aromatic carbocycles. The van der Waals surface area contributed by atoms with Crippen LogP contribution >= 0.6 is 0 Å². The quantitative estimate of drug-likeness (QED) is 0.233. The van der Waals surface area contributed by atoms with Gasteiger partial charge in [0.25, 0.3) is 0 Å². The third-order valence-electron chi connectivity index (χ3n) is 7.26. The van der Waals surface area contributed by atoms with Crippen molar-refractivity contribution in [1.82, 2.24) is 19.7 Å². The monoisotopic (exact) mass is 494 g/mol. The molecule has 4 aromatic rings. The molecule has 0 spiro atoms. The second kappa shape index (κ2) is 10.4. The standard InChI is InChI=1S/C26H30FN5O2S/c1-16(26-31-24-9-7-20(15-25(24)32-26)28-12-13-30-35(33)34)17-2-4-18(5-3-17)21-10-11-29-23-8-6-19(27)14-22(21)23/h6-11,14-18,28,30H,2-5,12-13H2,1H3,(H,31,32)(H,33,34)/p-1. The van der Waals surface area contributed by atoms with E-state index >= 15 is 0 Å². The SMILES string of the molecule is CC(c1nc2ccc(NCCNS(=O)[O-])cc2[nH]1)C1CCC(c2ccnc3ccc(F)cc23)CC1. The predicted molar refractivity (Wildman–Crippen MR) is 136 cm³/mol. The number of benzene rings is 2. The van der Waals surface area contributed by atoms with Crippen LogP contribution in [0.3, 0.4) is 0 Å². The topological polar surface area (TPSA) is 106 Å². The highest BCUT2D eigenvalue weighted by molar-refractivity contribution is 7.77. The van der Waals surface area contributed by atoms with Crippen molar-refractivity contribution in [2.24, 2.45) is 5.92 Å². The molecular weight excluding hydrogens is 465 g/mol. The minimum absolute atomic E-state index is 0.215. The Morgan fingerprint density at radius 2 is 1.91 bits per heavy atom. The zero-order chi connectivity index (χ0) is 24.4. The fourth-order valence-corrected chi connectivity index (χ4v) is 5.61. The molecule has 2 aromatic heterocycles. The molecule has 1 saturated carbocycles. The minimum Gasteiger partial charge on any atom is -0.760 e. The number of imidazole rings is 1. The van der Waals surface area contributed by atoms with Gasteiger partial charge in [-0.3, -0.25) is 9.19 Å². The molecular formula is C26H29FN5O2S-. The first-order valence-electron chi connectivity index (χ1n) is 12.1. The molecule has 7 nitrogen and oxygen atoms in total. The number of halogens is 1. The van der Waals surface area contributed by atoms with Crippen molar-refractivity contribution in [1.29, 1.82) is 0 Å². The van der Waals surface area contributed by atoms with Crippen molar-refractivity contribution in [3.05, 3.63) is 65.9 Å². The molecule has 0 radical (unpaired) electrons. The van der Waals surface area contributed by atoms with Crippen LogP contribution in [-0.4, -0.2) is 36.8 Å². The van der Waals surface area contributed by atoms with Crippen LogP contribution in [0.15, 0.2) is 48.7 Å². The van der Waals surface area contributed by atoms with Gasteiger partial charge >= 0.3 is 0 Å². The van der Waals surface area contributed by atoms with E-state index in [1.807, 2.05) is 24.4 Å². The summed E-state index contributed by atoms with van der Waals surface area (Å²) in [4.78, 5) is 12.8. The first-order chi connectivity index (χ1) is 17.0. The van der Waals surface area contributed by atoms with Gasteiger partial charge in [0, 0.05) is 47.5 Å². The molecule has 0 amide bonds. The molecule has 1 aliphatic rings. The molecule has 2 atom stereocenters. The van der Waals surface area contributed by atoms with Gasteiger partial charge in [-0.05, 0) is 85.5 Å². The van der Waals surface area contributed by atoms with Gasteiger partial charge in [-0.15, -0.1) is 0 Å². The number of aromatic amines is 1. The second-order valence-corrected chi connectivity index (χ2v) is 10.1. The van der Waals surface area contributed by atoms with Crippen molar-refractivity contribution in [3.63, 3.8) is 0 Å². The molecule has 3 N–H and O–H groups in total. The number of aromatic nitrogens is 3. The maximum Gasteiger partial charge on any atom is 0.123 e. The zero-order valence-corrected chi connectivity index (χ0v) is 20.4. The van der Waals surface area contributed by atoms with Gasteiger partial charge in [-0.1, -0.05) is 6.92 Å². The van der Waals surface area contributed by atoms with E-state index in [0.717, 1.165) is 59.1 Å². The average Bonchev–Trinajstić information content (AvgIpc) is 3.29. The normalized spacial score (nSPS) is 20.2. The zero-order valence-electron chi connectivity index (χ0n) is 19.6. The molecule has 2 heterocycles. The predicted octanol–water partition coefficient (Wildman–Crippen LogP) is 5.12. The fraction of sp³-hybridized carbons (Fsp3) is 0.385. The highest BCUT2D eigenvalue weighted by Crippen LogP contribution is 2.43. The van der Waals surface area contributed by atoms with Gasteiger partial charge in [0.05, 0.1) is 16.6 Å². The molecule has 0 bridgehead atoms. The van der Waals surface area contributed by atoms with E-state index in [1.54, 1.807) is 12.1 Å². The van der Waals surface area contributed by atoms with Gasteiger partial charge in [-0.2, -0.15) is 0 Å². The van der Waals surface area contributed by atoms with Crippen LogP contribution in [0.4, 0.5) is 10.1 Å². The number of hydrogen-bond donors (Lipinski definition) is 3. The van der Waals surface area contributed by atoms with Crippen molar-refractivity contribution in [2.45, 2.75) is 44.4 Å². The Hall–Kier alpha value is -2.88. The summed E-state index contributed by atoms with van der Waals surface area (Å²) in [5.41, 5.74) is 4.87. The Morgan fingerprint density at radius 3 is 2.71 bits per heavy atom. The van der Waals surface area contributed by atoms with Crippen molar-refractivity contribution in [2.75, 3.05) is 18.4 Å². The van der Waals surface area contributed by atoms with E-state index in [1.165, 1.54) is 11.6 Å². The molecule has 5 rings (SSSR count). The lowest BCUT2D eigenvalue weighted by Gasteiger charge is -2.32. The highest BCUT2D eigenvalue weighted by Gasteiger charge is 2.29. The fourth-order valence-electron chi connectivity index (χ4n) is 5.35. The number of pyridine rings is 1. The molecule has 0 saturated heterocycles. The maximum absolute atomic E-state index is 13.9. The summed E-state index contributed by atoms with van der Waals surface area (Å²) in [6, 6.07) is 12.8. The average molecular weight is 495 g/mol. The van der Waals surface area contributed by atoms with Crippen LogP contribution in [0, 0.1) is 11.7 Å². The van der Waals surface area contributed by atoms with Crippen molar-refractivity contribution >= 4 is 38.9 Å². The van der Waals surface area contributed by atoms with Crippen molar-refractivity contribution in [3.8, 4) is 0 Å². The largest absolute Gasteiger partial charge is 0.760 e. The number of hydrogen-bond acceptors (Lipinski definition) is 5. The molecule has 184 valence electrons. The summed E-state index contributed by atoms with van der Waals surface area (Å²) in [6.45, 7) is 3.07. The summed E-state index contributed by atoms with van der Waals surface area (Å²) in [6.07, 6.45) is 6.18. The lowest BCUT2D eigenvalue weighted by Crippen LogP contribution is -2.23. The van der Waals surface area contributed by atoms with Gasteiger partial charge in [-0.25, -0.2) is 14.1 Å². The summed E-state index contributed by atoms with van der Waals surface area (Å²) < 4.78 is 37.4. The first-order valence-corrected chi connectivity index (χ1v) is 13.2. The smallest absolute Gasteiger partial charge is 0.123 e.